The molecule has 22 heavy (non-hydrogen) atoms. The first-order chi connectivity index (χ1) is 10.1. The van der Waals surface area contributed by atoms with Gasteiger partial charge < -0.3 is 20.7 Å². The highest BCUT2D eigenvalue weighted by Crippen LogP contribution is 2.18. The summed E-state index contributed by atoms with van der Waals surface area (Å²) in [4.78, 5) is 33.8. The highest BCUT2D eigenvalue weighted by Gasteiger charge is 2.42. The highest BCUT2D eigenvalue weighted by atomic mass is 16.5. The summed E-state index contributed by atoms with van der Waals surface area (Å²) in [5.74, 6) is -3.24. The van der Waals surface area contributed by atoms with Gasteiger partial charge in [-0.2, -0.15) is 0 Å². The highest BCUT2D eigenvalue weighted by molar-refractivity contribution is 6.08. The van der Waals surface area contributed by atoms with Crippen molar-refractivity contribution in [2.24, 2.45) is 5.73 Å². The van der Waals surface area contributed by atoms with Crippen LogP contribution in [0, 0.1) is 13.8 Å². The van der Waals surface area contributed by atoms with Crippen LogP contribution in [0.1, 0.15) is 24.0 Å². The van der Waals surface area contributed by atoms with Gasteiger partial charge in [-0.25, -0.2) is 4.79 Å². The van der Waals surface area contributed by atoms with E-state index in [0.717, 1.165) is 11.1 Å². The van der Waals surface area contributed by atoms with Crippen LogP contribution in [0.15, 0.2) is 18.2 Å². The Bertz CT molecular complexity index is 577. The van der Waals surface area contributed by atoms with E-state index in [0.29, 0.717) is 5.75 Å². The third-order valence-electron chi connectivity index (χ3n) is 3.18. The molecule has 0 aliphatic heterocycles. The lowest BCUT2D eigenvalue weighted by atomic mass is 9.90. The van der Waals surface area contributed by atoms with Crippen LogP contribution >= 0.6 is 0 Å². The lowest BCUT2D eigenvalue weighted by molar-refractivity contribution is -0.149. The van der Waals surface area contributed by atoms with Crippen LogP contribution in [0.2, 0.25) is 0 Å². The summed E-state index contributed by atoms with van der Waals surface area (Å²) in [6.45, 7) is 3.18. The molecule has 1 atom stereocenters. The SMILES string of the molecule is Cc1cc(C)cc(OCC(=O)C(N)(CCC(=O)O)C(=O)O)c1. The minimum Gasteiger partial charge on any atom is -0.486 e. The first-order valence-electron chi connectivity index (χ1n) is 6.63. The van der Waals surface area contributed by atoms with Crippen molar-refractivity contribution in [3.63, 3.8) is 0 Å². The molecule has 0 aromatic heterocycles. The first-order valence-corrected chi connectivity index (χ1v) is 6.63. The molecule has 1 aromatic rings. The Kier molecular flexibility index (Phi) is 5.64. The van der Waals surface area contributed by atoms with Crippen LogP contribution in [0.25, 0.3) is 0 Å². The number of hydrogen-bond acceptors (Lipinski definition) is 5. The fraction of sp³-hybridized carbons (Fsp3) is 0.400. The molecule has 0 radical (unpaired) electrons. The summed E-state index contributed by atoms with van der Waals surface area (Å²) in [6, 6.07) is 5.33. The van der Waals surface area contributed by atoms with E-state index in [4.69, 9.17) is 20.7 Å². The van der Waals surface area contributed by atoms with Crippen LogP contribution in [0.5, 0.6) is 5.75 Å². The van der Waals surface area contributed by atoms with E-state index in [9.17, 15) is 14.4 Å². The number of nitrogens with two attached hydrogens (primary N) is 1. The van der Waals surface area contributed by atoms with Crippen LogP contribution in [0.3, 0.4) is 0 Å². The first kappa shape index (κ1) is 17.6. The second-order valence-electron chi connectivity index (χ2n) is 5.21. The summed E-state index contributed by atoms with van der Waals surface area (Å²) in [5.41, 5.74) is 5.17. The maximum atomic E-state index is 12.0. The van der Waals surface area contributed by atoms with E-state index in [2.05, 4.69) is 0 Å². The molecule has 0 aliphatic carbocycles. The maximum absolute atomic E-state index is 12.0. The Hall–Kier alpha value is -2.41. The largest absolute Gasteiger partial charge is 0.486 e. The zero-order valence-electron chi connectivity index (χ0n) is 12.5. The number of rotatable bonds is 8. The topological polar surface area (TPSA) is 127 Å². The zero-order valence-corrected chi connectivity index (χ0v) is 12.5. The number of hydrogen-bond donors (Lipinski definition) is 3. The molecule has 4 N–H and O–H groups in total. The number of aryl methyl sites for hydroxylation is 2. The van der Waals surface area contributed by atoms with E-state index in [1.54, 1.807) is 12.1 Å². The zero-order chi connectivity index (χ0) is 16.9. The fourth-order valence-electron chi connectivity index (χ4n) is 1.96. The summed E-state index contributed by atoms with van der Waals surface area (Å²) in [5, 5.41) is 17.7. The molecule has 0 spiro atoms. The number of benzene rings is 1. The van der Waals surface area contributed by atoms with Crippen molar-refractivity contribution in [2.75, 3.05) is 6.61 Å². The molecule has 0 bridgehead atoms. The molecule has 0 fully saturated rings. The second kappa shape index (κ2) is 7.04. The standard InChI is InChI=1S/C15H19NO6/c1-9-5-10(2)7-11(6-9)22-8-12(17)15(16,14(20)21)4-3-13(18)19/h5-7H,3-4,8,16H2,1-2H3,(H,18,19)(H,20,21). The Labute approximate surface area is 127 Å². The van der Waals surface area contributed by atoms with Gasteiger partial charge in [0.15, 0.2) is 5.54 Å². The summed E-state index contributed by atoms with van der Waals surface area (Å²) in [6.07, 6.45) is -1.01. The molecule has 1 aromatic carbocycles. The average Bonchev–Trinajstić information content (AvgIpc) is 2.40. The van der Waals surface area contributed by atoms with Gasteiger partial charge in [-0.05, 0) is 43.5 Å². The van der Waals surface area contributed by atoms with Crippen molar-refractivity contribution in [1.82, 2.24) is 0 Å². The summed E-state index contributed by atoms with van der Waals surface area (Å²) in [7, 11) is 0. The number of ketones is 1. The molecule has 0 saturated carbocycles. The van der Waals surface area contributed by atoms with Crippen LogP contribution in [-0.4, -0.2) is 40.1 Å². The number of carboxylic acids is 2. The second-order valence-corrected chi connectivity index (χ2v) is 5.21. The smallest absolute Gasteiger partial charge is 0.331 e. The van der Waals surface area contributed by atoms with Gasteiger partial charge in [0.1, 0.15) is 12.4 Å². The van der Waals surface area contributed by atoms with Crippen LogP contribution in [-0.2, 0) is 14.4 Å². The molecule has 7 nitrogen and oxygen atoms in total. The predicted molar refractivity (Wildman–Crippen MR) is 77.8 cm³/mol. The Morgan fingerprint density at radius 2 is 1.68 bits per heavy atom. The Balaban J connectivity index is 2.79. The molecular formula is C15H19NO6. The normalized spacial score (nSPS) is 13.2. The third kappa shape index (κ3) is 4.56. The van der Waals surface area contributed by atoms with Crippen molar-refractivity contribution in [3.05, 3.63) is 29.3 Å². The van der Waals surface area contributed by atoms with Crippen molar-refractivity contribution < 1.29 is 29.3 Å². The van der Waals surface area contributed by atoms with E-state index < -0.39 is 42.7 Å². The molecular weight excluding hydrogens is 290 g/mol. The summed E-state index contributed by atoms with van der Waals surface area (Å²) < 4.78 is 5.29. The fourth-order valence-corrected chi connectivity index (χ4v) is 1.96. The molecule has 1 rings (SSSR count). The van der Waals surface area contributed by atoms with E-state index in [-0.39, 0.29) is 0 Å². The molecule has 0 heterocycles. The Morgan fingerprint density at radius 1 is 1.14 bits per heavy atom. The number of carbonyl (C=O) groups is 3. The molecule has 0 aliphatic rings. The summed E-state index contributed by atoms with van der Waals surface area (Å²) >= 11 is 0. The number of carbonyl (C=O) groups excluding carboxylic acids is 1. The van der Waals surface area contributed by atoms with Gasteiger partial charge in [-0.3, -0.25) is 9.59 Å². The molecule has 120 valence electrons. The van der Waals surface area contributed by atoms with Crippen molar-refractivity contribution >= 4 is 17.7 Å². The molecule has 0 saturated heterocycles. The quantitative estimate of drug-likeness (QED) is 0.609. The van der Waals surface area contributed by atoms with Crippen LogP contribution in [0.4, 0.5) is 0 Å². The van der Waals surface area contributed by atoms with E-state index in [1.165, 1.54) is 0 Å². The average molecular weight is 309 g/mol. The Morgan fingerprint density at radius 3 is 2.14 bits per heavy atom. The van der Waals surface area contributed by atoms with Gasteiger partial charge in [0, 0.05) is 6.42 Å². The maximum Gasteiger partial charge on any atom is 0.331 e. The van der Waals surface area contributed by atoms with E-state index in [1.807, 2.05) is 19.9 Å². The van der Waals surface area contributed by atoms with Crippen molar-refractivity contribution in [2.45, 2.75) is 32.2 Å². The number of Topliss-reactive ketones (excluding diaryl/α,β-unsaturated/α-hetero) is 1. The van der Waals surface area contributed by atoms with Gasteiger partial charge in [0.05, 0.1) is 0 Å². The predicted octanol–water partition coefficient (Wildman–Crippen LogP) is 0.898. The van der Waals surface area contributed by atoms with E-state index >= 15 is 0 Å². The molecule has 7 heteroatoms. The minimum absolute atomic E-state index is 0.428. The van der Waals surface area contributed by atoms with Gasteiger partial charge >= 0.3 is 11.9 Å². The lowest BCUT2D eigenvalue weighted by Gasteiger charge is -2.22. The number of aliphatic carboxylic acids is 2. The van der Waals surface area contributed by atoms with Gasteiger partial charge in [-0.15, -0.1) is 0 Å². The van der Waals surface area contributed by atoms with Crippen LogP contribution < -0.4 is 10.5 Å². The van der Waals surface area contributed by atoms with Gasteiger partial charge in [-0.1, -0.05) is 6.07 Å². The van der Waals surface area contributed by atoms with Gasteiger partial charge in [0.2, 0.25) is 5.78 Å². The monoisotopic (exact) mass is 309 g/mol. The molecule has 0 amide bonds. The molecule has 1 unspecified atom stereocenters. The number of carboxylic acid groups (broad SMARTS) is 2. The van der Waals surface area contributed by atoms with Crippen molar-refractivity contribution in [3.8, 4) is 5.75 Å². The minimum atomic E-state index is -2.27. The lowest BCUT2D eigenvalue weighted by Crippen LogP contribution is -2.56. The van der Waals surface area contributed by atoms with Gasteiger partial charge in [0.25, 0.3) is 0 Å². The number of ether oxygens (including phenoxy) is 1. The third-order valence-corrected chi connectivity index (χ3v) is 3.18. The van der Waals surface area contributed by atoms with Crippen molar-refractivity contribution in [1.29, 1.82) is 0 Å².